The third kappa shape index (κ3) is 2.43. The first-order chi connectivity index (χ1) is 12.5. The summed E-state index contributed by atoms with van der Waals surface area (Å²) >= 11 is 0. The fraction of sp³-hybridized carbons (Fsp3) is 0.643. The van der Waals surface area contributed by atoms with Crippen molar-refractivity contribution in [2.45, 2.75) is 50.9 Å². The molecule has 1 aliphatic heterocycles. The van der Waals surface area contributed by atoms with Gasteiger partial charge in [-0.2, -0.15) is 0 Å². The molecule has 4 atom stereocenters. The van der Waals surface area contributed by atoms with E-state index in [4.69, 9.17) is 17.7 Å². The van der Waals surface area contributed by atoms with Crippen molar-refractivity contribution in [1.82, 2.24) is 13.9 Å². The van der Waals surface area contributed by atoms with Gasteiger partial charge in [-0.1, -0.05) is 12.1 Å². The zero-order valence-corrected chi connectivity index (χ0v) is 12.5. The third-order valence-corrected chi connectivity index (χ3v) is 2.90. The molecule has 8 nitrogen and oxygen atoms in total. The zero-order chi connectivity index (χ0) is 21.6. The number of carbonyl (C=O) groups excluding carboxylic acids is 1. The lowest BCUT2D eigenvalue weighted by atomic mass is 10.0. The third-order valence-electron chi connectivity index (χ3n) is 2.90. The Bertz CT molecular complexity index is 1040. The monoisotopic (exact) mass is 315 g/mol. The summed E-state index contributed by atoms with van der Waals surface area (Å²) < 4.78 is 59.8. The predicted molar refractivity (Wildman–Crippen MR) is 77.0 cm³/mol. The predicted octanol–water partition coefficient (Wildman–Crippen LogP) is 0.400. The van der Waals surface area contributed by atoms with Crippen molar-refractivity contribution in [3.63, 3.8) is 0 Å². The minimum absolute atomic E-state index is 0.173. The molecule has 1 saturated heterocycles. The molecule has 3 rings (SSSR count). The van der Waals surface area contributed by atoms with Crippen LogP contribution < -0.4 is 11.4 Å². The van der Waals surface area contributed by atoms with E-state index in [0.29, 0.717) is 4.57 Å². The van der Waals surface area contributed by atoms with Crippen molar-refractivity contribution in [2.75, 3.05) is 0 Å². The van der Waals surface area contributed by atoms with Crippen LogP contribution in [-0.4, -0.2) is 37.8 Å². The maximum Gasteiger partial charge on any atom is 0.438 e. The summed E-state index contributed by atoms with van der Waals surface area (Å²) in [7, 11) is 1.03. The lowest BCUT2D eigenvalue weighted by Gasteiger charge is -2.22. The van der Waals surface area contributed by atoms with E-state index in [9.17, 15) is 14.4 Å². The molecule has 0 bridgehead atoms. The molecule has 22 heavy (non-hydrogen) atoms. The lowest BCUT2D eigenvalue weighted by molar-refractivity contribution is 0.0473. The number of carbonyl (C=O) groups is 1. The van der Waals surface area contributed by atoms with E-state index < -0.39 is 59.8 Å². The number of ether oxygens (including phenoxy) is 2. The molecule has 1 aromatic rings. The standard InChI is InChI=1S/C14H19N3O5/c1-14(2,3)22-13(20)17-12(19)15(4)11(18)16(17)8-5-6-9-10(7-8)21-9/h5-6,8-10H,7H2,1-4H3/t8-,9-,10+/m1/s1/i5D,6D,7D,8D,9D,10D/t7-,8-,9-,10+. The molecule has 0 saturated carbocycles. The summed E-state index contributed by atoms with van der Waals surface area (Å²) in [6.07, 6.45) is -8.16. The molecule has 0 aromatic carbocycles. The van der Waals surface area contributed by atoms with E-state index in [1.165, 1.54) is 20.8 Å². The Morgan fingerprint density at radius 1 is 1.45 bits per heavy atom. The highest BCUT2D eigenvalue weighted by Gasteiger charge is 2.42. The Labute approximate surface area is 134 Å². The van der Waals surface area contributed by atoms with Crippen LogP contribution in [0.4, 0.5) is 4.79 Å². The van der Waals surface area contributed by atoms with Crippen molar-refractivity contribution < 1.29 is 22.5 Å². The van der Waals surface area contributed by atoms with Crippen molar-refractivity contribution in [1.29, 1.82) is 0 Å². The molecule has 0 unspecified atom stereocenters. The van der Waals surface area contributed by atoms with Gasteiger partial charge in [0.1, 0.15) is 11.7 Å². The van der Waals surface area contributed by atoms with Crippen LogP contribution in [0.25, 0.3) is 0 Å². The second kappa shape index (κ2) is 4.70. The fourth-order valence-corrected chi connectivity index (χ4v) is 1.87. The van der Waals surface area contributed by atoms with Crippen molar-refractivity contribution in [3.8, 4) is 0 Å². The molecule has 0 radical (unpaired) electrons. The largest absolute Gasteiger partial charge is 0.442 e. The Kier molecular flexibility index (Phi) is 1.95. The van der Waals surface area contributed by atoms with Gasteiger partial charge in [0, 0.05) is 14.8 Å². The average molecular weight is 315 g/mol. The van der Waals surface area contributed by atoms with Crippen LogP contribution >= 0.6 is 0 Å². The van der Waals surface area contributed by atoms with Gasteiger partial charge in [-0.25, -0.2) is 23.6 Å². The Hall–Kier alpha value is -2.09. The summed E-state index contributed by atoms with van der Waals surface area (Å²) in [5, 5.41) is 0. The molecule has 0 N–H and O–H groups in total. The summed E-state index contributed by atoms with van der Waals surface area (Å²) in [4.78, 5) is 37.7. The summed E-state index contributed by atoms with van der Waals surface area (Å²) in [5.41, 5.74) is -3.47. The lowest BCUT2D eigenvalue weighted by Crippen LogP contribution is -2.39. The normalized spacial score (nSPS) is 44.8. The van der Waals surface area contributed by atoms with Gasteiger partial charge < -0.3 is 9.47 Å². The second-order valence-electron chi connectivity index (χ2n) is 5.80. The van der Waals surface area contributed by atoms with Crippen LogP contribution in [-0.2, 0) is 16.5 Å². The molecule has 120 valence electrons. The molecule has 1 aliphatic carbocycles. The number of hydrogen-bond acceptors (Lipinski definition) is 5. The molecule has 8 heteroatoms. The molecule has 2 aliphatic rings. The summed E-state index contributed by atoms with van der Waals surface area (Å²) in [6.45, 7) is 4.53. The molecule has 1 aromatic heterocycles. The Morgan fingerprint density at radius 3 is 2.77 bits per heavy atom. The SMILES string of the molecule is [2H]C1=C([2H])[C@@]2([2H])O[C@@]2([2H])[C@H]([2H])[C@]1([2H])n1c(=O)n(C)c(=O)n1C(=O)OC(C)(C)C. The van der Waals surface area contributed by atoms with Gasteiger partial charge in [0.25, 0.3) is 0 Å². The van der Waals surface area contributed by atoms with Gasteiger partial charge in [-0.05, 0) is 20.8 Å². The van der Waals surface area contributed by atoms with Crippen molar-refractivity contribution >= 4 is 6.09 Å². The molecule has 0 amide bonds. The van der Waals surface area contributed by atoms with Gasteiger partial charge in [0.15, 0.2) is 0 Å². The molecular formula is C14H19N3O5. The number of rotatable bonds is 1. The smallest absolute Gasteiger partial charge is 0.438 e. The second-order valence-corrected chi connectivity index (χ2v) is 5.80. The first kappa shape index (κ1) is 9.14. The van der Waals surface area contributed by atoms with E-state index in [2.05, 4.69) is 0 Å². The number of epoxide rings is 1. The number of nitrogens with zero attached hydrogens (tertiary/aromatic N) is 3. The van der Waals surface area contributed by atoms with Crippen LogP contribution in [0.3, 0.4) is 0 Å². The maximum absolute atomic E-state index is 12.7. The minimum atomic E-state index is -2.85. The molecule has 1 fully saturated rings. The summed E-state index contributed by atoms with van der Waals surface area (Å²) in [6, 6.07) is -4.76. The van der Waals surface area contributed by atoms with Gasteiger partial charge in [0.2, 0.25) is 0 Å². The maximum atomic E-state index is 12.7. The van der Waals surface area contributed by atoms with Crippen molar-refractivity contribution in [2.24, 2.45) is 7.05 Å². The van der Waals surface area contributed by atoms with Crippen molar-refractivity contribution in [3.05, 3.63) is 33.1 Å². The Morgan fingerprint density at radius 2 is 2.14 bits per heavy atom. The number of aromatic nitrogens is 3. The first-order valence-electron chi connectivity index (χ1n) is 9.57. The highest BCUT2D eigenvalue weighted by Crippen LogP contribution is 2.36. The van der Waals surface area contributed by atoms with Crippen LogP contribution in [0.1, 0.15) is 41.4 Å². The van der Waals surface area contributed by atoms with Crippen LogP contribution in [0, 0.1) is 0 Å². The number of allylic oxidation sites excluding steroid dienone is 1. The van der Waals surface area contributed by atoms with Gasteiger partial charge in [-0.15, -0.1) is 4.68 Å². The van der Waals surface area contributed by atoms with E-state index in [1.54, 1.807) is 0 Å². The van der Waals surface area contributed by atoms with E-state index in [0.717, 1.165) is 7.05 Å². The first-order valence-corrected chi connectivity index (χ1v) is 6.50. The van der Waals surface area contributed by atoms with E-state index in [1.807, 2.05) is 0 Å². The van der Waals surface area contributed by atoms with Crippen LogP contribution in [0.15, 0.2) is 21.7 Å². The van der Waals surface area contributed by atoms with E-state index in [-0.39, 0.29) is 9.36 Å². The Balaban J connectivity index is 2.33. The van der Waals surface area contributed by atoms with Gasteiger partial charge >= 0.3 is 17.5 Å². The highest BCUT2D eigenvalue weighted by molar-refractivity contribution is 5.69. The average Bonchev–Trinajstić information content (AvgIpc) is 3.08. The van der Waals surface area contributed by atoms with Gasteiger partial charge in [0.05, 0.1) is 19.0 Å². The molecule has 2 heterocycles. The molecule has 0 spiro atoms. The number of hydrogen-bond donors (Lipinski definition) is 0. The fourth-order valence-electron chi connectivity index (χ4n) is 1.87. The van der Waals surface area contributed by atoms with E-state index >= 15 is 0 Å². The zero-order valence-electron chi connectivity index (χ0n) is 18.5. The topological polar surface area (TPSA) is 87.8 Å². The summed E-state index contributed by atoms with van der Waals surface area (Å²) in [5.74, 6) is 0. The highest BCUT2D eigenvalue weighted by atomic mass is 16.6. The van der Waals surface area contributed by atoms with Crippen LogP contribution in [0.5, 0.6) is 0 Å². The quantitative estimate of drug-likeness (QED) is 0.553. The minimum Gasteiger partial charge on any atom is -0.442 e. The number of fused-ring (bicyclic) bond motifs is 1. The van der Waals surface area contributed by atoms with Crippen LogP contribution in [0.2, 0.25) is 0 Å². The van der Waals surface area contributed by atoms with Gasteiger partial charge in [-0.3, -0.25) is 0 Å². The molecular weight excluding hydrogens is 290 g/mol.